The third kappa shape index (κ3) is 3.09. The van der Waals surface area contributed by atoms with Gasteiger partial charge in [0.25, 0.3) is 0 Å². The van der Waals surface area contributed by atoms with Crippen LogP contribution in [0, 0.1) is 5.82 Å². The van der Waals surface area contributed by atoms with Gasteiger partial charge in [-0.1, -0.05) is 18.6 Å². The third-order valence-electron chi connectivity index (χ3n) is 3.89. The molecule has 1 fully saturated rings. The lowest BCUT2D eigenvalue weighted by Gasteiger charge is -2.37. The second-order valence-corrected chi connectivity index (χ2v) is 7.75. The lowest BCUT2D eigenvalue weighted by atomic mass is 10.0. The first-order valence-corrected chi connectivity index (χ1v) is 8.73. The molecule has 1 heterocycles. The number of halogens is 1. The summed E-state index contributed by atoms with van der Waals surface area (Å²) in [6.07, 6.45) is 2.66. The van der Waals surface area contributed by atoms with Crippen molar-refractivity contribution in [3.63, 3.8) is 0 Å². The number of nitrogens with two attached hydrogens (primary N) is 1. The highest BCUT2D eigenvalue weighted by Crippen LogP contribution is 2.30. The summed E-state index contributed by atoms with van der Waals surface area (Å²) in [5.74, 6) is -0.610. The van der Waals surface area contributed by atoms with E-state index in [0.717, 1.165) is 25.3 Å². The molecule has 0 spiro atoms. The van der Waals surface area contributed by atoms with Crippen LogP contribution in [0.1, 0.15) is 38.7 Å². The molecule has 2 atom stereocenters. The zero-order valence-electron chi connectivity index (χ0n) is 12.0. The van der Waals surface area contributed by atoms with Gasteiger partial charge in [-0.3, -0.25) is 0 Å². The molecule has 0 saturated carbocycles. The smallest absolute Gasteiger partial charge is 0.243 e. The Morgan fingerprint density at radius 2 is 1.90 bits per heavy atom. The van der Waals surface area contributed by atoms with Gasteiger partial charge in [-0.15, -0.1) is 0 Å². The van der Waals surface area contributed by atoms with Gasteiger partial charge in [0.2, 0.25) is 10.0 Å². The summed E-state index contributed by atoms with van der Waals surface area (Å²) in [6, 6.07) is 3.44. The lowest BCUT2D eigenvalue weighted by molar-refractivity contribution is 0.204. The Kier molecular flexibility index (Phi) is 4.65. The fraction of sp³-hybridized carbons (Fsp3) is 0.500. The number of piperidine rings is 1. The van der Waals surface area contributed by atoms with Gasteiger partial charge in [0.15, 0.2) is 0 Å². The van der Waals surface area contributed by atoms with E-state index in [9.17, 15) is 12.8 Å². The van der Waals surface area contributed by atoms with Crippen LogP contribution in [-0.2, 0) is 10.0 Å². The molecule has 1 aromatic carbocycles. The molecule has 0 amide bonds. The van der Waals surface area contributed by atoms with Crippen LogP contribution in [0.15, 0.2) is 23.1 Å². The van der Waals surface area contributed by atoms with Crippen LogP contribution in [0.3, 0.4) is 0 Å². The Labute approximate surface area is 130 Å². The van der Waals surface area contributed by atoms with Crippen molar-refractivity contribution >= 4 is 27.2 Å². The molecule has 1 aromatic rings. The van der Waals surface area contributed by atoms with Crippen LogP contribution >= 0.6 is 12.2 Å². The minimum atomic E-state index is -3.68. The second-order valence-electron chi connectivity index (χ2n) is 5.47. The van der Waals surface area contributed by atoms with E-state index >= 15 is 0 Å². The summed E-state index contributed by atoms with van der Waals surface area (Å²) < 4.78 is 40.8. The van der Waals surface area contributed by atoms with Crippen molar-refractivity contribution in [2.24, 2.45) is 5.73 Å². The Hall–Kier alpha value is -1.05. The highest BCUT2D eigenvalue weighted by molar-refractivity contribution is 7.89. The Balaban J connectivity index is 2.48. The number of rotatable bonds is 3. The van der Waals surface area contributed by atoms with E-state index in [-0.39, 0.29) is 27.5 Å². The van der Waals surface area contributed by atoms with E-state index in [1.165, 1.54) is 16.4 Å². The van der Waals surface area contributed by atoms with Gasteiger partial charge in [-0.05, 0) is 44.9 Å². The molecule has 2 N–H and O–H groups in total. The summed E-state index contributed by atoms with van der Waals surface area (Å²) in [6.45, 7) is 3.79. The summed E-state index contributed by atoms with van der Waals surface area (Å²) in [5, 5.41) is 0. The SMILES string of the molecule is CC1CCCC(C)N1S(=O)(=O)c1ccc(F)c(C(N)=S)c1. The van der Waals surface area contributed by atoms with Gasteiger partial charge in [0.05, 0.1) is 4.90 Å². The van der Waals surface area contributed by atoms with Crippen molar-refractivity contribution < 1.29 is 12.8 Å². The monoisotopic (exact) mass is 330 g/mol. The molecule has 21 heavy (non-hydrogen) atoms. The maximum Gasteiger partial charge on any atom is 0.243 e. The predicted octanol–water partition coefficient (Wildman–Crippen LogP) is 2.41. The van der Waals surface area contributed by atoms with E-state index in [4.69, 9.17) is 18.0 Å². The van der Waals surface area contributed by atoms with Gasteiger partial charge in [0.1, 0.15) is 10.8 Å². The maximum atomic E-state index is 13.6. The topological polar surface area (TPSA) is 63.4 Å². The molecule has 0 aromatic heterocycles. The number of sulfonamides is 1. The van der Waals surface area contributed by atoms with Crippen LogP contribution in [0.4, 0.5) is 4.39 Å². The standard InChI is InChI=1S/C14H19FN2O2S2/c1-9-4-3-5-10(2)17(9)21(18,19)11-6-7-13(15)12(8-11)14(16)20/h6-10H,3-5H2,1-2H3,(H2,16,20). The first-order valence-electron chi connectivity index (χ1n) is 6.88. The van der Waals surface area contributed by atoms with Gasteiger partial charge >= 0.3 is 0 Å². The molecular formula is C14H19FN2O2S2. The molecule has 1 saturated heterocycles. The fourth-order valence-electron chi connectivity index (χ4n) is 2.85. The molecule has 0 bridgehead atoms. The minimum Gasteiger partial charge on any atom is -0.389 e. The van der Waals surface area contributed by atoms with Crippen LogP contribution in [0.25, 0.3) is 0 Å². The minimum absolute atomic E-state index is 0.0345. The molecule has 0 aliphatic carbocycles. The van der Waals surface area contributed by atoms with Crippen molar-refractivity contribution in [2.45, 2.75) is 50.1 Å². The van der Waals surface area contributed by atoms with Gasteiger partial charge < -0.3 is 5.73 Å². The third-order valence-corrected chi connectivity index (χ3v) is 6.24. The second kappa shape index (κ2) is 5.98. The van der Waals surface area contributed by atoms with Crippen molar-refractivity contribution in [3.05, 3.63) is 29.6 Å². The zero-order chi connectivity index (χ0) is 15.8. The highest BCUT2D eigenvalue weighted by atomic mass is 32.2. The number of nitrogens with zero attached hydrogens (tertiary/aromatic N) is 1. The Morgan fingerprint density at radius 3 is 2.43 bits per heavy atom. The molecule has 2 unspecified atom stereocenters. The molecule has 7 heteroatoms. The van der Waals surface area contributed by atoms with Crippen molar-refractivity contribution in [1.29, 1.82) is 0 Å². The van der Waals surface area contributed by atoms with Crippen molar-refractivity contribution in [3.8, 4) is 0 Å². The lowest BCUT2D eigenvalue weighted by Crippen LogP contribution is -2.47. The van der Waals surface area contributed by atoms with E-state index in [0.29, 0.717) is 0 Å². The summed E-state index contributed by atoms with van der Waals surface area (Å²) in [4.78, 5) is -0.114. The van der Waals surface area contributed by atoms with Crippen molar-refractivity contribution in [1.82, 2.24) is 4.31 Å². The van der Waals surface area contributed by atoms with E-state index in [1.54, 1.807) is 0 Å². The molecule has 4 nitrogen and oxygen atoms in total. The van der Waals surface area contributed by atoms with E-state index in [2.05, 4.69) is 0 Å². The molecular weight excluding hydrogens is 311 g/mol. The Morgan fingerprint density at radius 1 is 1.33 bits per heavy atom. The molecule has 1 aliphatic rings. The number of hydrogen-bond acceptors (Lipinski definition) is 3. The van der Waals surface area contributed by atoms with Crippen LogP contribution < -0.4 is 5.73 Å². The summed E-state index contributed by atoms with van der Waals surface area (Å²) in [7, 11) is -3.68. The summed E-state index contributed by atoms with van der Waals surface area (Å²) >= 11 is 4.76. The van der Waals surface area contributed by atoms with E-state index in [1.807, 2.05) is 13.8 Å². The normalized spacial score (nSPS) is 24.0. The zero-order valence-corrected chi connectivity index (χ0v) is 13.7. The first kappa shape index (κ1) is 16.3. The van der Waals surface area contributed by atoms with Crippen molar-refractivity contribution in [2.75, 3.05) is 0 Å². The van der Waals surface area contributed by atoms with Gasteiger partial charge in [0, 0.05) is 17.6 Å². The van der Waals surface area contributed by atoms with E-state index < -0.39 is 15.8 Å². The summed E-state index contributed by atoms with van der Waals surface area (Å²) in [5.41, 5.74) is 5.40. The van der Waals surface area contributed by atoms with Gasteiger partial charge in [-0.25, -0.2) is 12.8 Å². The predicted molar refractivity (Wildman–Crippen MR) is 84.1 cm³/mol. The fourth-order valence-corrected chi connectivity index (χ4v) is 4.91. The van der Waals surface area contributed by atoms with Crippen LogP contribution in [-0.4, -0.2) is 29.8 Å². The molecule has 0 radical (unpaired) electrons. The Bertz CT molecular complexity index is 651. The number of hydrogen-bond donors (Lipinski definition) is 1. The van der Waals surface area contributed by atoms with Crippen LogP contribution in [0.2, 0.25) is 0 Å². The maximum absolute atomic E-state index is 13.6. The molecule has 116 valence electrons. The highest BCUT2D eigenvalue weighted by Gasteiger charge is 2.35. The molecule has 2 rings (SSSR count). The molecule has 1 aliphatic heterocycles. The largest absolute Gasteiger partial charge is 0.389 e. The number of benzene rings is 1. The van der Waals surface area contributed by atoms with Crippen LogP contribution in [0.5, 0.6) is 0 Å². The first-order chi connectivity index (χ1) is 9.75. The quantitative estimate of drug-likeness (QED) is 0.865. The van der Waals surface area contributed by atoms with Gasteiger partial charge in [-0.2, -0.15) is 4.31 Å². The average Bonchev–Trinajstić information content (AvgIpc) is 2.38. The number of thiocarbonyl (C=S) groups is 1. The average molecular weight is 330 g/mol.